The number of rotatable bonds is 4. The summed E-state index contributed by atoms with van der Waals surface area (Å²) < 4.78 is 55.5. The van der Waals surface area contributed by atoms with Crippen molar-refractivity contribution >= 4 is 25.9 Å². The van der Waals surface area contributed by atoms with E-state index in [2.05, 4.69) is 13.8 Å². The lowest BCUT2D eigenvalue weighted by Crippen LogP contribution is -2.51. The molecule has 186 valence electrons. The molecule has 9 heteroatoms. The van der Waals surface area contributed by atoms with Crippen LogP contribution in [0.25, 0.3) is 0 Å². The van der Waals surface area contributed by atoms with Gasteiger partial charge in [0, 0.05) is 6.42 Å². The molecule has 4 unspecified atom stereocenters. The molecule has 0 radical (unpaired) electrons. The van der Waals surface area contributed by atoms with E-state index in [1.54, 1.807) is 0 Å². The molecule has 4 aliphatic rings. The summed E-state index contributed by atoms with van der Waals surface area (Å²) in [6.07, 6.45) is 8.43. The topological polar surface area (TPSA) is 121 Å². The van der Waals surface area contributed by atoms with Gasteiger partial charge in [0.15, 0.2) is 5.78 Å². The van der Waals surface area contributed by atoms with Crippen molar-refractivity contribution in [1.82, 2.24) is 0 Å². The zero-order valence-electron chi connectivity index (χ0n) is 19.7. The molecule has 0 saturated heterocycles. The van der Waals surface area contributed by atoms with Gasteiger partial charge in [-0.25, -0.2) is 13.6 Å². The zero-order chi connectivity index (χ0) is 24.5. The lowest BCUT2D eigenvalue weighted by atomic mass is 9.47. The molecule has 4 aliphatic carbocycles. The van der Waals surface area contributed by atoms with Crippen LogP contribution in [0.15, 0.2) is 45.7 Å². The predicted molar refractivity (Wildman–Crippen MR) is 127 cm³/mol. The highest BCUT2D eigenvalue weighted by Gasteiger charge is 2.60. The minimum atomic E-state index is -4.15. The van der Waals surface area contributed by atoms with E-state index in [1.807, 2.05) is 6.08 Å². The van der Waals surface area contributed by atoms with E-state index < -0.39 is 26.2 Å². The van der Waals surface area contributed by atoms with Crippen LogP contribution in [-0.2, 0) is 29.1 Å². The Hall–Kier alpha value is -1.55. The largest absolute Gasteiger partial charge is 0.297 e. The monoisotopic (exact) mass is 507 g/mol. The van der Waals surface area contributed by atoms with E-state index in [9.17, 15) is 21.6 Å². The number of hydrogen-bond donors (Lipinski definition) is 1. The van der Waals surface area contributed by atoms with Crippen molar-refractivity contribution in [3.63, 3.8) is 0 Å². The van der Waals surface area contributed by atoms with Gasteiger partial charge in [-0.3, -0.25) is 8.98 Å². The molecule has 0 heterocycles. The van der Waals surface area contributed by atoms with Crippen molar-refractivity contribution in [2.24, 2.45) is 33.7 Å². The van der Waals surface area contributed by atoms with Gasteiger partial charge >= 0.3 is 0 Å². The molecule has 5 rings (SSSR count). The lowest BCUT2D eigenvalue weighted by Gasteiger charge is -2.57. The Labute approximate surface area is 202 Å². The van der Waals surface area contributed by atoms with E-state index in [0.29, 0.717) is 30.6 Å². The van der Waals surface area contributed by atoms with Crippen LogP contribution in [0.3, 0.4) is 0 Å². The van der Waals surface area contributed by atoms with Gasteiger partial charge in [-0.1, -0.05) is 25.5 Å². The highest BCUT2D eigenvalue weighted by atomic mass is 32.2. The van der Waals surface area contributed by atoms with Gasteiger partial charge in [0.25, 0.3) is 10.1 Å². The summed E-state index contributed by atoms with van der Waals surface area (Å²) in [5.41, 5.74) is 1.13. The highest BCUT2D eigenvalue weighted by molar-refractivity contribution is 7.89. The molecule has 0 aliphatic heterocycles. The number of nitrogens with two attached hydrogens (primary N) is 1. The molecule has 3 fully saturated rings. The molecular weight excluding hydrogens is 474 g/mol. The van der Waals surface area contributed by atoms with E-state index in [1.165, 1.54) is 23.8 Å². The minimum absolute atomic E-state index is 0.0668. The number of fused-ring (bicyclic) bond motifs is 5. The number of carbonyl (C=O) groups excluding carboxylic acids is 1. The fraction of sp³-hybridized carbons (Fsp3) is 0.640. The van der Waals surface area contributed by atoms with Crippen LogP contribution in [0.5, 0.6) is 0 Å². The van der Waals surface area contributed by atoms with Gasteiger partial charge < -0.3 is 0 Å². The van der Waals surface area contributed by atoms with Crippen LogP contribution in [0.4, 0.5) is 0 Å². The van der Waals surface area contributed by atoms with Crippen LogP contribution < -0.4 is 5.14 Å². The van der Waals surface area contributed by atoms with Gasteiger partial charge in [-0.2, -0.15) is 8.42 Å². The average molecular weight is 508 g/mol. The molecule has 0 amide bonds. The zero-order valence-corrected chi connectivity index (χ0v) is 21.3. The quantitative estimate of drug-likeness (QED) is 0.616. The Morgan fingerprint density at radius 2 is 1.68 bits per heavy atom. The van der Waals surface area contributed by atoms with E-state index in [0.717, 1.165) is 44.6 Å². The predicted octanol–water partition coefficient (Wildman–Crippen LogP) is 3.94. The number of ketones is 1. The van der Waals surface area contributed by atoms with Gasteiger partial charge in [0.05, 0.1) is 15.9 Å². The van der Waals surface area contributed by atoms with Crippen LogP contribution in [0.1, 0.15) is 65.2 Å². The van der Waals surface area contributed by atoms with Crippen LogP contribution >= 0.6 is 0 Å². The second-order valence-electron chi connectivity index (χ2n) is 11.1. The lowest BCUT2D eigenvalue weighted by molar-refractivity contribution is -0.117. The Kier molecular flexibility index (Phi) is 5.67. The SMILES string of the molecule is C[C@]12CCC3C(CCC4=CC(=O)CC[C@@]43C)C1CCC2OS(=O)(=O)c1cccc(S(N)(=O)=O)c1. The van der Waals surface area contributed by atoms with Crippen LogP contribution in [0.2, 0.25) is 0 Å². The van der Waals surface area contributed by atoms with Gasteiger partial charge in [-0.15, -0.1) is 0 Å². The van der Waals surface area contributed by atoms with Crippen LogP contribution in [0, 0.1) is 28.6 Å². The second kappa shape index (κ2) is 7.98. The first-order chi connectivity index (χ1) is 15.8. The molecule has 0 bridgehead atoms. The summed E-state index contributed by atoms with van der Waals surface area (Å²) in [6, 6.07) is 5.04. The maximum Gasteiger partial charge on any atom is 0.297 e. The summed E-state index contributed by atoms with van der Waals surface area (Å²) in [4.78, 5) is 11.6. The van der Waals surface area contributed by atoms with Crippen molar-refractivity contribution in [1.29, 1.82) is 0 Å². The maximum absolute atomic E-state index is 13.1. The van der Waals surface area contributed by atoms with Crippen molar-refractivity contribution in [2.75, 3.05) is 0 Å². The first kappa shape index (κ1) is 24.2. The maximum atomic E-state index is 13.1. The summed E-state index contributed by atoms with van der Waals surface area (Å²) in [5, 5.41) is 5.18. The van der Waals surface area contributed by atoms with Crippen molar-refractivity contribution in [2.45, 2.75) is 81.1 Å². The molecule has 2 N–H and O–H groups in total. The molecule has 6 atom stereocenters. The standard InChI is InChI=1S/C25H33NO6S2/c1-24-12-10-17(27)14-16(24)6-7-20-21-8-9-23(25(21,2)13-11-22(20)24)32-34(30,31)19-5-3-4-18(15-19)33(26,28)29/h3-5,14-15,20-23H,6-13H2,1-2H3,(H2,26,28,29)/t20?,21?,22?,23?,24-,25-/m0/s1. The number of benzene rings is 1. The number of hydrogen-bond acceptors (Lipinski definition) is 6. The van der Waals surface area contributed by atoms with E-state index in [4.69, 9.17) is 9.32 Å². The normalized spacial score (nSPS) is 38.0. The Morgan fingerprint density at radius 1 is 0.941 bits per heavy atom. The molecule has 0 aromatic heterocycles. The fourth-order valence-electron chi connectivity index (χ4n) is 7.68. The third kappa shape index (κ3) is 3.79. The molecule has 1 aromatic carbocycles. The van der Waals surface area contributed by atoms with Crippen LogP contribution in [-0.4, -0.2) is 28.7 Å². The number of carbonyl (C=O) groups is 1. The molecule has 3 saturated carbocycles. The Bertz CT molecular complexity index is 1270. The van der Waals surface area contributed by atoms with Crippen molar-refractivity contribution < 1.29 is 25.8 Å². The van der Waals surface area contributed by atoms with Gasteiger partial charge in [0.1, 0.15) is 0 Å². The molecule has 7 nitrogen and oxygen atoms in total. The third-order valence-electron chi connectivity index (χ3n) is 9.54. The summed E-state index contributed by atoms with van der Waals surface area (Å²) in [6.45, 7) is 4.50. The Morgan fingerprint density at radius 3 is 2.41 bits per heavy atom. The van der Waals surface area contributed by atoms with E-state index >= 15 is 0 Å². The first-order valence-electron chi connectivity index (χ1n) is 12.1. The van der Waals surface area contributed by atoms with Gasteiger partial charge in [-0.05, 0) is 97.8 Å². The van der Waals surface area contributed by atoms with E-state index in [-0.39, 0.29) is 26.4 Å². The first-order valence-corrected chi connectivity index (χ1v) is 15.1. The summed E-state index contributed by atoms with van der Waals surface area (Å²) in [5.74, 6) is 1.63. The minimum Gasteiger partial charge on any atom is -0.295 e. The van der Waals surface area contributed by atoms with Crippen molar-refractivity contribution in [3.8, 4) is 0 Å². The molecule has 0 spiro atoms. The average Bonchev–Trinajstić information content (AvgIpc) is 3.09. The third-order valence-corrected chi connectivity index (χ3v) is 11.8. The highest BCUT2D eigenvalue weighted by Crippen LogP contribution is 2.65. The smallest absolute Gasteiger partial charge is 0.295 e. The van der Waals surface area contributed by atoms with Gasteiger partial charge in [0.2, 0.25) is 10.0 Å². The summed E-state index contributed by atoms with van der Waals surface area (Å²) >= 11 is 0. The molecule has 1 aromatic rings. The number of primary sulfonamides is 1. The summed E-state index contributed by atoms with van der Waals surface area (Å²) in [7, 11) is -8.17. The second-order valence-corrected chi connectivity index (χ2v) is 14.3. The van der Waals surface area contributed by atoms with Crippen molar-refractivity contribution in [3.05, 3.63) is 35.9 Å². The Balaban J connectivity index is 1.39. The number of allylic oxidation sites excluding steroid dienone is 1. The molecular formula is C25H33NO6S2. The fourth-order valence-corrected chi connectivity index (χ4v) is 9.57. The molecule has 34 heavy (non-hydrogen) atoms. The number of sulfonamides is 1.